The lowest BCUT2D eigenvalue weighted by Crippen LogP contribution is -2.66. The van der Waals surface area contributed by atoms with E-state index in [1.807, 2.05) is 0 Å². The summed E-state index contributed by atoms with van der Waals surface area (Å²) >= 11 is 0. The molecule has 2 aromatic rings. The van der Waals surface area contributed by atoms with Crippen molar-refractivity contribution in [1.82, 2.24) is 0 Å². The molecule has 0 radical (unpaired) electrons. The number of rotatable bonds is 9. The lowest BCUT2D eigenvalue weighted by Gasteiger charge is -2.48. The molecule has 0 aliphatic carbocycles. The van der Waals surface area contributed by atoms with E-state index in [-0.39, 0.29) is 11.3 Å². The third kappa shape index (κ3) is 6.79. The molecule has 15 atom stereocenters. The van der Waals surface area contributed by atoms with Crippen LogP contribution in [0.15, 0.2) is 33.5 Å². The maximum absolute atomic E-state index is 11.8. The van der Waals surface area contributed by atoms with Crippen LogP contribution in [0.25, 0.3) is 11.0 Å². The van der Waals surface area contributed by atoms with Gasteiger partial charge in [-0.25, -0.2) is 4.79 Å². The summed E-state index contributed by atoms with van der Waals surface area (Å²) in [5.74, 6) is 0.0962. The summed E-state index contributed by atoms with van der Waals surface area (Å²) in [4.78, 5) is 11.8. The van der Waals surface area contributed by atoms with Gasteiger partial charge in [0.25, 0.3) is 0 Å². The Bertz CT molecular complexity index is 1370. The standard InChI is InChI=1S/C28H38O18/c1-9-4-16(32)41-12-5-10(2-3-11(9)12)40-26-22(38)19(35)24(14(7-30)43-26)46-28-23(39)20(36)25(15(8-31)44-28)45-27-21(37)18(34)17(33)13(6-29)42-27/h2-5,13-15,17-31,33-39H,6-8H2,1H3/t13-,14-,15-,17-,18+,19-,20-,21-,22-,23-,24-,25-,26-,27+,28-/m1/s1. The Hall–Kier alpha value is -2.37. The number of aliphatic hydroxyl groups excluding tert-OH is 10. The number of benzene rings is 1. The molecular weight excluding hydrogens is 624 g/mol. The Morgan fingerprint density at radius 1 is 0.630 bits per heavy atom. The fourth-order valence-electron chi connectivity index (χ4n) is 5.65. The van der Waals surface area contributed by atoms with E-state index < -0.39 is 118 Å². The molecular formula is C28H38O18. The molecule has 3 aliphatic heterocycles. The molecule has 0 bridgehead atoms. The number of ether oxygens (including phenoxy) is 6. The molecule has 0 spiro atoms. The van der Waals surface area contributed by atoms with Crippen LogP contribution < -0.4 is 10.4 Å². The van der Waals surface area contributed by atoms with Crippen LogP contribution in [-0.2, 0) is 23.7 Å². The van der Waals surface area contributed by atoms with E-state index in [1.165, 1.54) is 18.2 Å². The molecule has 3 fully saturated rings. The van der Waals surface area contributed by atoms with Gasteiger partial charge < -0.3 is 83.9 Å². The predicted octanol–water partition coefficient (Wildman–Crippen LogP) is -5.07. The Morgan fingerprint density at radius 3 is 1.70 bits per heavy atom. The second kappa shape index (κ2) is 14.4. The molecule has 1 aromatic heterocycles. The summed E-state index contributed by atoms with van der Waals surface area (Å²) in [6, 6.07) is 5.83. The van der Waals surface area contributed by atoms with E-state index >= 15 is 0 Å². The Balaban J connectivity index is 1.26. The van der Waals surface area contributed by atoms with Crippen molar-refractivity contribution >= 4 is 11.0 Å². The third-order valence-electron chi connectivity index (χ3n) is 8.25. The second-order valence-corrected chi connectivity index (χ2v) is 11.3. The van der Waals surface area contributed by atoms with Gasteiger partial charge in [0.15, 0.2) is 12.6 Å². The lowest BCUT2D eigenvalue weighted by molar-refractivity contribution is -0.376. The molecule has 10 N–H and O–H groups in total. The second-order valence-electron chi connectivity index (χ2n) is 11.3. The van der Waals surface area contributed by atoms with Crippen molar-refractivity contribution in [2.45, 2.75) is 99.0 Å². The number of aliphatic hydroxyl groups is 10. The molecule has 3 saturated heterocycles. The first-order valence-corrected chi connectivity index (χ1v) is 14.5. The monoisotopic (exact) mass is 662 g/mol. The SMILES string of the molecule is Cc1cc(=O)oc2cc(O[C@@H]3O[C@H](CO)[C@@H](O[C@H]4O[C@H](CO)[C@@H](O[C@@H]5O[C@H](CO)[C@@H](O)[C@H](O)[C@H]5O)[C@H](O)[C@H]4O)[C@H](O)[C@H]3O)ccc12. The molecule has 258 valence electrons. The molecule has 4 heterocycles. The lowest BCUT2D eigenvalue weighted by atomic mass is 9.96. The van der Waals surface area contributed by atoms with E-state index in [0.717, 1.165) is 0 Å². The zero-order valence-electron chi connectivity index (χ0n) is 24.3. The average Bonchev–Trinajstić information content (AvgIpc) is 3.03. The van der Waals surface area contributed by atoms with Crippen LogP contribution in [0.3, 0.4) is 0 Å². The quantitative estimate of drug-likeness (QED) is 0.112. The van der Waals surface area contributed by atoms with Gasteiger partial charge in [0.1, 0.15) is 84.6 Å². The molecule has 0 unspecified atom stereocenters. The molecule has 46 heavy (non-hydrogen) atoms. The molecule has 1 aromatic carbocycles. The van der Waals surface area contributed by atoms with Gasteiger partial charge >= 0.3 is 5.63 Å². The Labute approximate surface area is 260 Å². The molecule has 5 rings (SSSR count). The van der Waals surface area contributed by atoms with Crippen LogP contribution in [-0.4, -0.2) is 163 Å². The van der Waals surface area contributed by atoms with Crippen molar-refractivity contribution < 1.29 is 83.9 Å². The van der Waals surface area contributed by atoms with Crippen LogP contribution in [0.2, 0.25) is 0 Å². The van der Waals surface area contributed by atoms with E-state index in [9.17, 15) is 55.9 Å². The maximum Gasteiger partial charge on any atom is 0.336 e. The van der Waals surface area contributed by atoms with E-state index in [0.29, 0.717) is 10.9 Å². The highest BCUT2D eigenvalue weighted by atomic mass is 16.8. The summed E-state index contributed by atoms with van der Waals surface area (Å²) in [5.41, 5.74) is 0.275. The zero-order chi connectivity index (χ0) is 33.4. The van der Waals surface area contributed by atoms with Gasteiger partial charge in [-0.15, -0.1) is 0 Å². The summed E-state index contributed by atoms with van der Waals surface area (Å²) in [5, 5.41) is 104. The number of fused-ring (bicyclic) bond motifs is 1. The van der Waals surface area contributed by atoms with Gasteiger partial charge in [-0.2, -0.15) is 0 Å². The van der Waals surface area contributed by atoms with Gasteiger partial charge in [-0.1, -0.05) is 0 Å². The number of hydrogen-bond donors (Lipinski definition) is 10. The van der Waals surface area contributed by atoms with Crippen molar-refractivity contribution in [2.24, 2.45) is 0 Å². The van der Waals surface area contributed by atoms with Crippen molar-refractivity contribution in [3.05, 3.63) is 40.2 Å². The van der Waals surface area contributed by atoms with Crippen LogP contribution in [0, 0.1) is 6.92 Å². The summed E-state index contributed by atoms with van der Waals surface area (Å²) in [7, 11) is 0. The highest BCUT2D eigenvalue weighted by Crippen LogP contribution is 2.33. The number of aryl methyl sites for hydroxylation is 1. The van der Waals surface area contributed by atoms with Crippen molar-refractivity contribution in [3.63, 3.8) is 0 Å². The van der Waals surface area contributed by atoms with Crippen LogP contribution in [0.5, 0.6) is 5.75 Å². The summed E-state index contributed by atoms with van der Waals surface area (Å²) < 4.78 is 38.5. The average molecular weight is 663 g/mol. The number of hydrogen-bond acceptors (Lipinski definition) is 18. The smallest absolute Gasteiger partial charge is 0.336 e. The molecule has 0 amide bonds. The predicted molar refractivity (Wildman–Crippen MR) is 147 cm³/mol. The van der Waals surface area contributed by atoms with E-state index in [4.69, 9.17) is 32.8 Å². The van der Waals surface area contributed by atoms with Gasteiger partial charge in [0, 0.05) is 17.5 Å². The van der Waals surface area contributed by atoms with Gasteiger partial charge in [-0.05, 0) is 24.6 Å². The zero-order valence-corrected chi connectivity index (χ0v) is 24.3. The first kappa shape index (κ1) is 35.0. The van der Waals surface area contributed by atoms with E-state index in [1.54, 1.807) is 13.0 Å². The first-order chi connectivity index (χ1) is 21.9. The van der Waals surface area contributed by atoms with Crippen LogP contribution in [0.4, 0.5) is 0 Å². The fraction of sp³-hybridized carbons (Fsp3) is 0.679. The third-order valence-corrected chi connectivity index (χ3v) is 8.25. The van der Waals surface area contributed by atoms with Gasteiger partial charge in [-0.3, -0.25) is 0 Å². The van der Waals surface area contributed by atoms with Gasteiger partial charge in [0.2, 0.25) is 6.29 Å². The van der Waals surface area contributed by atoms with E-state index in [2.05, 4.69) is 0 Å². The topological polar surface area (TPSA) is 288 Å². The molecule has 3 aliphatic rings. The maximum atomic E-state index is 11.8. The molecule has 18 nitrogen and oxygen atoms in total. The first-order valence-electron chi connectivity index (χ1n) is 14.5. The highest BCUT2D eigenvalue weighted by Gasteiger charge is 2.53. The minimum Gasteiger partial charge on any atom is -0.462 e. The van der Waals surface area contributed by atoms with Crippen LogP contribution >= 0.6 is 0 Å². The van der Waals surface area contributed by atoms with Crippen molar-refractivity contribution in [3.8, 4) is 5.75 Å². The summed E-state index contributed by atoms with van der Waals surface area (Å²) in [6.07, 6.45) is -25.3. The van der Waals surface area contributed by atoms with Gasteiger partial charge in [0.05, 0.1) is 19.8 Å². The largest absolute Gasteiger partial charge is 0.462 e. The van der Waals surface area contributed by atoms with Crippen LogP contribution in [0.1, 0.15) is 5.56 Å². The minimum absolute atomic E-state index is 0.0962. The minimum atomic E-state index is -1.95. The Morgan fingerprint density at radius 2 is 1.13 bits per heavy atom. The highest BCUT2D eigenvalue weighted by molar-refractivity contribution is 5.81. The molecule has 0 saturated carbocycles. The van der Waals surface area contributed by atoms with Crippen molar-refractivity contribution in [2.75, 3.05) is 19.8 Å². The Kier molecular flexibility index (Phi) is 10.9. The normalized spacial score (nSPS) is 41.8. The molecule has 18 heteroatoms. The van der Waals surface area contributed by atoms with Crippen molar-refractivity contribution in [1.29, 1.82) is 0 Å². The summed E-state index contributed by atoms with van der Waals surface area (Å²) in [6.45, 7) is -0.662. The fourth-order valence-corrected chi connectivity index (χ4v) is 5.65.